The summed E-state index contributed by atoms with van der Waals surface area (Å²) >= 11 is 2.05. The molecule has 0 heterocycles. The van der Waals surface area contributed by atoms with Crippen LogP contribution in [0.3, 0.4) is 0 Å². The van der Waals surface area contributed by atoms with Crippen LogP contribution >= 0.6 is 22.6 Å². The van der Waals surface area contributed by atoms with Gasteiger partial charge in [0.05, 0.1) is 0 Å². The summed E-state index contributed by atoms with van der Waals surface area (Å²) in [4.78, 5) is 11.1. The molecule has 12 heavy (non-hydrogen) atoms. The molecule has 0 saturated carbocycles. The van der Waals surface area contributed by atoms with Gasteiger partial charge in [-0.2, -0.15) is 0 Å². The van der Waals surface area contributed by atoms with Crippen molar-refractivity contribution in [3.8, 4) is 5.75 Å². The van der Waals surface area contributed by atoms with Crippen LogP contribution in [-0.2, 0) is 0 Å². The van der Waals surface area contributed by atoms with E-state index in [9.17, 15) is 9.90 Å². The summed E-state index contributed by atoms with van der Waals surface area (Å²) in [7, 11) is 0. The number of rotatable bonds is 1. The smallest absolute Gasteiger partial charge is 0.161 e. The molecule has 3 heteroatoms. The number of hydrogen-bond acceptors (Lipinski definition) is 2. The van der Waals surface area contributed by atoms with Gasteiger partial charge in [-0.05, 0) is 54.1 Å². The van der Waals surface area contributed by atoms with E-state index < -0.39 is 0 Å². The van der Waals surface area contributed by atoms with Gasteiger partial charge < -0.3 is 5.11 Å². The molecule has 0 unspecified atom stereocenters. The van der Waals surface area contributed by atoms with Crippen molar-refractivity contribution in [1.29, 1.82) is 0 Å². The van der Waals surface area contributed by atoms with E-state index in [2.05, 4.69) is 0 Å². The Morgan fingerprint density at radius 2 is 2.08 bits per heavy atom. The number of aryl methyl sites for hydroxylation is 1. The first-order valence-corrected chi connectivity index (χ1v) is 4.60. The van der Waals surface area contributed by atoms with Gasteiger partial charge in [0, 0.05) is 9.13 Å². The molecular formula is C9H9IO2. The van der Waals surface area contributed by atoms with Crippen molar-refractivity contribution >= 4 is 28.4 Å². The molecule has 0 saturated heterocycles. The van der Waals surface area contributed by atoms with Crippen LogP contribution < -0.4 is 0 Å². The first-order chi connectivity index (χ1) is 5.52. The summed E-state index contributed by atoms with van der Waals surface area (Å²) in [6.07, 6.45) is 0. The second-order valence-corrected chi connectivity index (χ2v) is 3.84. The highest BCUT2D eigenvalue weighted by molar-refractivity contribution is 14.1. The lowest BCUT2D eigenvalue weighted by molar-refractivity contribution is 0.101. The Morgan fingerprint density at radius 1 is 1.50 bits per heavy atom. The zero-order valence-electron chi connectivity index (χ0n) is 6.89. The topological polar surface area (TPSA) is 37.3 Å². The van der Waals surface area contributed by atoms with E-state index in [0.29, 0.717) is 5.56 Å². The lowest BCUT2D eigenvalue weighted by Crippen LogP contribution is -1.99. The molecule has 0 aliphatic carbocycles. The number of carbonyl (C=O) groups excluding carboxylic acids is 1. The fraction of sp³-hybridized carbons (Fsp3) is 0.222. The van der Waals surface area contributed by atoms with E-state index in [4.69, 9.17) is 0 Å². The van der Waals surface area contributed by atoms with Gasteiger partial charge in [-0.15, -0.1) is 0 Å². The highest BCUT2D eigenvalue weighted by Gasteiger charge is 2.09. The maximum atomic E-state index is 11.1. The maximum Gasteiger partial charge on any atom is 0.161 e. The number of benzene rings is 1. The third-order valence-electron chi connectivity index (χ3n) is 1.62. The second kappa shape index (κ2) is 3.43. The van der Waals surface area contributed by atoms with Gasteiger partial charge in [-0.3, -0.25) is 4.79 Å². The molecule has 0 radical (unpaired) electrons. The number of Topliss-reactive ketones (excluding diaryl/α,β-unsaturated/α-hetero) is 1. The number of phenolic OH excluding ortho intramolecular Hbond substituents is 1. The molecular weight excluding hydrogens is 267 g/mol. The van der Waals surface area contributed by atoms with Crippen LogP contribution in [-0.4, -0.2) is 10.9 Å². The molecule has 0 bridgehead atoms. The minimum absolute atomic E-state index is 0.0388. The molecule has 0 aromatic heterocycles. The first kappa shape index (κ1) is 9.51. The Bertz CT molecular complexity index is 308. The molecule has 0 aliphatic rings. The molecule has 1 N–H and O–H groups in total. The minimum atomic E-state index is 0.0388. The number of halogens is 1. The van der Waals surface area contributed by atoms with E-state index >= 15 is 0 Å². The average Bonchev–Trinajstić information content (AvgIpc) is 1.82. The molecule has 64 valence electrons. The Kier molecular flexibility index (Phi) is 2.72. The largest absolute Gasteiger partial charge is 0.508 e. The lowest BCUT2D eigenvalue weighted by atomic mass is 10.1. The third kappa shape index (κ3) is 1.77. The number of hydrogen-bond donors (Lipinski definition) is 1. The fourth-order valence-electron chi connectivity index (χ4n) is 1.17. The van der Waals surface area contributed by atoms with Crippen molar-refractivity contribution in [2.24, 2.45) is 0 Å². The highest BCUT2D eigenvalue weighted by Crippen LogP contribution is 2.22. The van der Waals surface area contributed by atoms with Crippen molar-refractivity contribution in [1.82, 2.24) is 0 Å². The van der Waals surface area contributed by atoms with Crippen LogP contribution in [0.2, 0.25) is 0 Å². The molecule has 1 aromatic carbocycles. The van der Waals surface area contributed by atoms with E-state index in [1.165, 1.54) is 6.92 Å². The van der Waals surface area contributed by atoms with Gasteiger partial charge in [0.1, 0.15) is 5.75 Å². The van der Waals surface area contributed by atoms with Crippen LogP contribution in [0.1, 0.15) is 22.8 Å². The molecule has 0 aliphatic heterocycles. The van der Waals surface area contributed by atoms with Crippen LogP contribution in [0.15, 0.2) is 12.1 Å². The molecule has 0 atom stereocenters. The predicted molar refractivity (Wildman–Crippen MR) is 55.6 cm³/mol. The molecule has 1 rings (SSSR count). The Hall–Kier alpha value is -0.580. The van der Waals surface area contributed by atoms with Crippen molar-refractivity contribution in [2.75, 3.05) is 0 Å². The average molecular weight is 276 g/mol. The first-order valence-electron chi connectivity index (χ1n) is 3.52. The van der Waals surface area contributed by atoms with Gasteiger partial charge >= 0.3 is 0 Å². The van der Waals surface area contributed by atoms with Gasteiger partial charge in [0.25, 0.3) is 0 Å². The minimum Gasteiger partial charge on any atom is -0.508 e. The monoisotopic (exact) mass is 276 g/mol. The molecule has 0 spiro atoms. The summed E-state index contributed by atoms with van der Waals surface area (Å²) in [6, 6.07) is 3.18. The molecule has 1 aromatic rings. The van der Waals surface area contributed by atoms with Crippen LogP contribution in [0.25, 0.3) is 0 Å². The zero-order chi connectivity index (χ0) is 9.30. The molecule has 2 nitrogen and oxygen atoms in total. The quantitative estimate of drug-likeness (QED) is 0.632. The fourth-order valence-corrected chi connectivity index (χ4v) is 2.30. The van der Waals surface area contributed by atoms with Gasteiger partial charge in [0.2, 0.25) is 0 Å². The Morgan fingerprint density at radius 3 is 2.50 bits per heavy atom. The highest BCUT2D eigenvalue weighted by atomic mass is 127. The summed E-state index contributed by atoms with van der Waals surface area (Å²) in [6.45, 7) is 3.35. The molecule has 0 amide bonds. The maximum absolute atomic E-state index is 11.1. The predicted octanol–water partition coefficient (Wildman–Crippen LogP) is 2.51. The molecule has 0 fully saturated rings. The van der Waals surface area contributed by atoms with E-state index in [0.717, 1.165) is 9.13 Å². The number of phenols is 1. The third-order valence-corrected chi connectivity index (χ3v) is 2.48. The lowest BCUT2D eigenvalue weighted by Gasteiger charge is -2.04. The second-order valence-electron chi connectivity index (χ2n) is 2.68. The van der Waals surface area contributed by atoms with E-state index in [1.54, 1.807) is 12.1 Å². The number of carbonyl (C=O) groups is 1. The standard InChI is InChI=1S/C9H9IO2/c1-5-3-7(12)4-8(10)9(5)6(2)11/h3-4,12H,1-2H3. The van der Waals surface area contributed by atoms with Crippen molar-refractivity contribution in [3.63, 3.8) is 0 Å². The number of ketones is 1. The van der Waals surface area contributed by atoms with Gasteiger partial charge in [0.15, 0.2) is 5.78 Å². The van der Waals surface area contributed by atoms with Crippen LogP contribution in [0.4, 0.5) is 0 Å². The number of aromatic hydroxyl groups is 1. The van der Waals surface area contributed by atoms with Gasteiger partial charge in [-0.25, -0.2) is 0 Å². The summed E-state index contributed by atoms with van der Waals surface area (Å²) in [5, 5.41) is 9.18. The summed E-state index contributed by atoms with van der Waals surface area (Å²) < 4.78 is 0.803. The summed E-state index contributed by atoms with van der Waals surface area (Å²) in [5.74, 6) is 0.249. The SMILES string of the molecule is CC(=O)c1c(C)cc(O)cc1I. The normalized spacial score (nSPS) is 9.92. The van der Waals surface area contributed by atoms with Crippen molar-refractivity contribution in [3.05, 3.63) is 26.8 Å². The van der Waals surface area contributed by atoms with E-state index in [1.807, 2.05) is 29.5 Å². The van der Waals surface area contributed by atoms with Gasteiger partial charge in [-0.1, -0.05) is 0 Å². The van der Waals surface area contributed by atoms with Crippen LogP contribution in [0.5, 0.6) is 5.75 Å². The van der Waals surface area contributed by atoms with Crippen molar-refractivity contribution < 1.29 is 9.90 Å². The van der Waals surface area contributed by atoms with E-state index in [-0.39, 0.29) is 11.5 Å². The Balaban J connectivity index is 3.38. The zero-order valence-corrected chi connectivity index (χ0v) is 9.05. The van der Waals surface area contributed by atoms with Crippen molar-refractivity contribution in [2.45, 2.75) is 13.8 Å². The van der Waals surface area contributed by atoms with Crippen LogP contribution in [0, 0.1) is 10.5 Å². The Labute approximate surface area is 84.7 Å². The summed E-state index contributed by atoms with van der Waals surface area (Å²) in [5.41, 5.74) is 1.53.